The third kappa shape index (κ3) is 3.82. The zero-order valence-corrected chi connectivity index (χ0v) is 19.1. The average molecular weight is 451 g/mol. The summed E-state index contributed by atoms with van der Waals surface area (Å²) in [6.45, 7) is 7.68. The second-order valence-corrected chi connectivity index (χ2v) is 9.30. The maximum atomic E-state index is 12.8. The summed E-state index contributed by atoms with van der Waals surface area (Å²) in [6.07, 6.45) is 0. The number of fused-ring (bicyclic) bond motifs is 1. The van der Waals surface area contributed by atoms with Crippen molar-refractivity contribution < 1.29 is 0 Å². The summed E-state index contributed by atoms with van der Waals surface area (Å²) in [7, 11) is 0. The molecule has 5 rings (SSSR count). The molecule has 1 aliphatic rings. The van der Waals surface area contributed by atoms with Gasteiger partial charge in [0, 0.05) is 47.8 Å². The predicted molar refractivity (Wildman–Crippen MR) is 131 cm³/mol. The quantitative estimate of drug-likeness (QED) is 0.463. The average Bonchev–Trinajstić information content (AvgIpc) is 3.19. The Bertz CT molecular complexity index is 1300. The fourth-order valence-electron chi connectivity index (χ4n) is 4.22. The van der Waals surface area contributed by atoms with Crippen molar-refractivity contribution in [3.05, 3.63) is 74.3 Å². The highest BCUT2D eigenvalue weighted by Crippen LogP contribution is 2.32. The van der Waals surface area contributed by atoms with Crippen LogP contribution in [0.25, 0.3) is 21.3 Å². The first kappa shape index (κ1) is 20.1. The van der Waals surface area contributed by atoms with E-state index >= 15 is 0 Å². The van der Waals surface area contributed by atoms with Crippen LogP contribution in [0, 0.1) is 13.8 Å². The minimum atomic E-state index is -0.0815. The lowest BCUT2D eigenvalue weighted by Crippen LogP contribution is -2.47. The number of aromatic nitrogens is 2. The SMILES string of the molecule is Cc1ccc(N2CCN(c3nc4c(-c5ccc(Cl)cc5)csc4c(=O)[nH]3)CC2)c(C)c1. The number of nitrogens with zero attached hydrogens (tertiary/aromatic N) is 3. The summed E-state index contributed by atoms with van der Waals surface area (Å²) in [6, 6.07) is 14.3. The van der Waals surface area contributed by atoms with Crippen molar-refractivity contribution in [2.45, 2.75) is 13.8 Å². The van der Waals surface area contributed by atoms with Crippen LogP contribution in [-0.2, 0) is 0 Å². The van der Waals surface area contributed by atoms with Crippen molar-refractivity contribution in [1.29, 1.82) is 0 Å². The normalized spacial score (nSPS) is 14.4. The molecule has 158 valence electrons. The van der Waals surface area contributed by atoms with E-state index in [1.165, 1.54) is 28.2 Å². The smallest absolute Gasteiger partial charge is 0.270 e. The summed E-state index contributed by atoms with van der Waals surface area (Å²) in [5.41, 5.74) is 6.52. The highest BCUT2D eigenvalue weighted by atomic mass is 35.5. The van der Waals surface area contributed by atoms with E-state index in [-0.39, 0.29) is 5.56 Å². The highest BCUT2D eigenvalue weighted by Gasteiger charge is 2.22. The first-order valence-electron chi connectivity index (χ1n) is 10.3. The Morgan fingerprint density at radius 3 is 2.42 bits per heavy atom. The Hall–Kier alpha value is -2.83. The van der Waals surface area contributed by atoms with Gasteiger partial charge in [0.05, 0.1) is 5.52 Å². The molecule has 0 unspecified atom stereocenters. The van der Waals surface area contributed by atoms with Gasteiger partial charge in [0.1, 0.15) is 4.70 Å². The zero-order chi connectivity index (χ0) is 21.5. The van der Waals surface area contributed by atoms with Crippen LogP contribution < -0.4 is 15.4 Å². The first-order valence-corrected chi connectivity index (χ1v) is 11.6. The van der Waals surface area contributed by atoms with Gasteiger partial charge in [0.2, 0.25) is 5.95 Å². The van der Waals surface area contributed by atoms with Crippen LogP contribution in [0.3, 0.4) is 0 Å². The van der Waals surface area contributed by atoms with E-state index in [0.29, 0.717) is 15.7 Å². The third-order valence-electron chi connectivity index (χ3n) is 5.84. The number of thiophene rings is 1. The maximum Gasteiger partial charge on any atom is 0.270 e. The molecule has 4 aromatic rings. The minimum Gasteiger partial charge on any atom is -0.368 e. The molecular weight excluding hydrogens is 428 g/mol. The molecule has 0 spiro atoms. The molecular formula is C24H23ClN4OS. The number of aryl methyl sites for hydroxylation is 2. The molecule has 5 nitrogen and oxygen atoms in total. The number of hydrogen-bond acceptors (Lipinski definition) is 5. The Morgan fingerprint density at radius 2 is 1.71 bits per heavy atom. The van der Waals surface area contributed by atoms with E-state index < -0.39 is 0 Å². The molecule has 3 heterocycles. The lowest BCUT2D eigenvalue weighted by atomic mass is 10.1. The van der Waals surface area contributed by atoms with Crippen molar-refractivity contribution in [1.82, 2.24) is 9.97 Å². The van der Waals surface area contributed by atoms with E-state index in [4.69, 9.17) is 16.6 Å². The molecule has 2 aromatic heterocycles. The zero-order valence-electron chi connectivity index (χ0n) is 17.5. The van der Waals surface area contributed by atoms with Gasteiger partial charge in [0.25, 0.3) is 5.56 Å². The maximum absolute atomic E-state index is 12.8. The number of piperazine rings is 1. The van der Waals surface area contributed by atoms with E-state index in [1.54, 1.807) is 0 Å². The minimum absolute atomic E-state index is 0.0815. The van der Waals surface area contributed by atoms with Crippen molar-refractivity contribution >= 4 is 44.8 Å². The van der Waals surface area contributed by atoms with Crippen LogP contribution in [-0.4, -0.2) is 36.1 Å². The van der Waals surface area contributed by atoms with E-state index in [0.717, 1.165) is 42.8 Å². The Morgan fingerprint density at radius 1 is 1.00 bits per heavy atom. The van der Waals surface area contributed by atoms with Crippen molar-refractivity contribution in [3.8, 4) is 11.1 Å². The van der Waals surface area contributed by atoms with Gasteiger partial charge in [-0.1, -0.05) is 41.4 Å². The summed E-state index contributed by atoms with van der Waals surface area (Å²) in [4.78, 5) is 25.2. The van der Waals surface area contributed by atoms with Crippen LogP contribution in [0.2, 0.25) is 5.02 Å². The van der Waals surface area contributed by atoms with Gasteiger partial charge >= 0.3 is 0 Å². The molecule has 0 saturated carbocycles. The topological polar surface area (TPSA) is 52.2 Å². The number of aromatic amines is 1. The highest BCUT2D eigenvalue weighted by molar-refractivity contribution is 7.17. The second-order valence-electron chi connectivity index (χ2n) is 7.99. The van der Waals surface area contributed by atoms with Crippen LogP contribution in [0.5, 0.6) is 0 Å². The predicted octanol–water partition coefficient (Wildman–Crippen LogP) is 5.25. The Balaban J connectivity index is 1.42. The second kappa shape index (κ2) is 8.02. The molecule has 0 radical (unpaired) electrons. The first-order chi connectivity index (χ1) is 15.0. The van der Waals surface area contributed by atoms with Crippen LogP contribution in [0.4, 0.5) is 11.6 Å². The van der Waals surface area contributed by atoms with Crippen LogP contribution >= 0.6 is 22.9 Å². The van der Waals surface area contributed by atoms with E-state index in [2.05, 4.69) is 46.8 Å². The standard InChI is InChI=1S/C24H23ClN4OS/c1-15-3-8-20(16(2)13-15)28-9-11-29(12-10-28)24-26-21-19(14-31-22(21)23(30)27-24)17-4-6-18(25)7-5-17/h3-8,13-14H,9-12H2,1-2H3,(H,26,27,30). The monoisotopic (exact) mass is 450 g/mol. The van der Waals surface area contributed by atoms with Gasteiger partial charge in [-0.2, -0.15) is 0 Å². The van der Waals surface area contributed by atoms with Gasteiger partial charge in [-0.15, -0.1) is 11.3 Å². The van der Waals surface area contributed by atoms with E-state index in [9.17, 15) is 4.79 Å². The largest absolute Gasteiger partial charge is 0.368 e. The van der Waals surface area contributed by atoms with Gasteiger partial charge < -0.3 is 9.80 Å². The number of nitrogens with one attached hydrogen (secondary N) is 1. The molecule has 2 aromatic carbocycles. The van der Waals surface area contributed by atoms with Gasteiger partial charge in [-0.3, -0.25) is 9.78 Å². The van der Waals surface area contributed by atoms with Crippen LogP contribution in [0.15, 0.2) is 52.6 Å². The molecule has 0 amide bonds. The number of halogens is 1. The molecule has 31 heavy (non-hydrogen) atoms. The molecule has 7 heteroatoms. The van der Waals surface area contributed by atoms with Gasteiger partial charge in [-0.05, 0) is 43.2 Å². The Labute approximate surface area is 189 Å². The molecule has 1 aliphatic heterocycles. The lowest BCUT2D eigenvalue weighted by Gasteiger charge is -2.37. The molecule has 0 bridgehead atoms. The number of hydrogen-bond donors (Lipinski definition) is 1. The number of H-pyrrole nitrogens is 1. The van der Waals surface area contributed by atoms with Crippen molar-refractivity contribution in [2.75, 3.05) is 36.0 Å². The Kier molecular flexibility index (Phi) is 5.20. The van der Waals surface area contributed by atoms with Gasteiger partial charge in [-0.25, -0.2) is 4.98 Å². The molecule has 0 aliphatic carbocycles. The van der Waals surface area contributed by atoms with Crippen LogP contribution in [0.1, 0.15) is 11.1 Å². The number of rotatable bonds is 3. The van der Waals surface area contributed by atoms with Gasteiger partial charge in [0.15, 0.2) is 0 Å². The fourth-order valence-corrected chi connectivity index (χ4v) is 5.25. The number of benzene rings is 2. The summed E-state index contributed by atoms with van der Waals surface area (Å²) in [5.74, 6) is 0.645. The third-order valence-corrected chi connectivity index (χ3v) is 7.06. The molecule has 1 saturated heterocycles. The summed E-state index contributed by atoms with van der Waals surface area (Å²) >= 11 is 7.47. The van der Waals surface area contributed by atoms with Crippen molar-refractivity contribution in [3.63, 3.8) is 0 Å². The van der Waals surface area contributed by atoms with Crippen molar-refractivity contribution in [2.24, 2.45) is 0 Å². The molecule has 1 fully saturated rings. The lowest BCUT2D eigenvalue weighted by molar-refractivity contribution is 0.639. The molecule has 0 atom stereocenters. The molecule has 1 N–H and O–H groups in total. The van der Waals surface area contributed by atoms with E-state index in [1.807, 2.05) is 29.6 Å². The number of anilines is 2. The fraction of sp³-hybridized carbons (Fsp3) is 0.250. The summed E-state index contributed by atoms with van der Waals surface area (Å²) in [5, 5.41) is 2.69. The summed E-state index contributed by atoms with van der Waals surface area (Å²) < 4.78 is 0.655.